The second kappa shape index (κ2) is 12.3. The molecule has 2 aromatic heterocycles. The molecule has 0 aliphatic carbocycles. The highest BCUT2D eigenvalue weighted by atomic mass is 16.5. The van der Waals surface area contributed by atoms with E-state index in [4.69, 9.17) is 4.74 Å². The van der Waals surface area contributed by atoms with Crippen LogP contribution in [0.1, 0.15) is 43.4 Å². The minimum Gasteiger partial charge on any atom is -0.375 e. The monoisotopic (exact) mass is 459 g/mol. The molecule has 7 heteroatoms. The molecule has 1 amide bonds. The van der Waals surface area contributed by atoms with Crippen LogP contribution in [0, 0.1) is 0 Å². The fraction of sp³-hybridized carbons (Fsp3) is 0.407. The average molecular weight is 460 g/mol. The lowest BCUT2D eigenvalue weighted by Crippen LogP contribution is -2.36. The number of hydrogen-bond acceptors (Lipinski definition) is 6. The molecule has 178 valence electrons. The van der Waals surface area contributed by atoms with Crippen LogP contribution in [0.15, 0.2) is 61.3 Å². The summed E-state index contributed by atoms with van der Waals surface area (Å²) in [7, 11) is 1.57. The van der Waals surface area contributed by atoms with Gasteiger partial charge < -0.3 is 9.64 Å². The van der Waals surface area contributed by atoms with E-state index in [0.29, 0.717) is 6.54 Å². The number of carbonyl (C=O) groups excluding carboxylic acids is 1. The van der Waals surface area contributed by atoms with Crippen molar-refractivity contribution in [1.82, 2.24) is 19.9 Å². The van der Waals surface area contributed by atoms with Crippen LogP contribution in [0.3, 0.4) is 0 Å². The van der Waals surface area contributed by atoms with Crippen LogP contribution in [-0.2, 0) is 22.6 Å². The third kappa shape index (κ3) is 6.46. The third-order valence-corrected chi connectivity index (χ3v) is 6.19. The Balaban J connectivity index is 1.73. The van der Waals surface area contributed by atoms with Gasteiger partial charge in [-0.15, -0.1) is 0 Å². The third-order valence-electron chi connectivity index (χ3n) is 6.19. The van der Waals surface area contributed by atoms with Crippen LogP contribution >= 0.6 is 0 Å². The van der Waals surface area contributed by atoms with Crippen molar-refractivity contribution in [2.24, 2.45) is 0 Å². The molecule has 0 N–H and O–H groups in total. The molecule has 3 heterocycles. The highest BCUT2D eigenvalue weighted by molar-refractivity contribution is 5.95. The van der Waals surface area contributed by atoms with Gasteiger partial charge in [-0.1, -0.05) is 31.4 Å². The number of amides is 1. The average Bonchev–Trinajstić information content (AvgIpc) is 2.86. The van der Waals surface area contributed by atoms with Gasteiger partial charge >= 0.3 is 0 Å². The van der Waals surface area contributed by atoms with Gasteiger partial charge in [0.05, 0.1) is 5.69 Å². The van der Waals surface area contributed by atoms with Gasteiger partial charge in [0, 0.05) is 56.6 Å². The molecular weight excluding hydrogens is 426 g/mol. The van der Waals surface area contributed by atoms with Crippen LogP contribution < -0.4 is 4.90 Å². The molecule has 34 heavy (non-hydrogen) atoms. The first-order chi connectivity index (χ1) is 16.7. The molecule has 0 saturated carbocycles. The fourth-order valence-corrected chi connectivity index (χ4v) is 4.50. The van der Waals surface area contributed by atoms with Crippen molar-refractivity contribution < 1.29 is 9.53 Å². The molecule has 0 saturated heterocycles. The van der Waals surface area contributed by atoms with E-state index in [-0.39, 0.29) is 12.5 Å². The minimum absolute atomic E-state index is 0.00659. The quantitative estimate of drug-likeness (QED) is 0.560. The van der Waals surface area contributed by atoms with Crippen LogP contribution in [0.25, 0.3) is 11.1 Å². The van der Waals surface area contributed by atoms with E-state index in [1.807, 2.05) is 35.6 Å². The molecule has 0 radical (unpaired) electrons. The number of carbonyl (C=O) groups is 1. The molecule has 0 bridgehead atoms. The predicted molar refractivity (Wildman–Crippen MR) is 133 cm³/mol. The lowest BCUT2D eigenvalue weighted by atomic mass is 10.0. The largest absolute Gasteiger partial charge is 0.375 e. The van der Waals surface area contributed by atoms with Crippen molar-refractivity contribution >= 4 is 11.6 Å². The number of ether oxygens (including phenoxy) is 1. The molecule has 0 atom stereocenters. The summed E-state index contributed by atoms with van der Waals surface area (Å²) >= 11 is 0. The summed E-state index contributed by atoms with van der Waals surface area (Å²) in [6.45, 7) is 3.25. The number of rotatable bonds is 5. The molecule has 0 unspecified atom stereocenters. The number of benzene rings is 1. The van der Waals surface area contributed by atoms with Crippen molar-refractivity contribution in [3.63, 3.8) is 0 Å². The summed E-state index contributed by atoms with van der Waals surface area (Å²) < 4.78 is 5.21. The Labute approximate surface area is 201 Å². The van der Waals surface area contributed by atoms with E-state index in [9.17, 15) is 4.79 Å². The van der Waals surface area contributed by atoms with Crippen molar-refractivity contribution in [3.05, 3.63) is 72.6 Å². The smallest absolute Gasteiger partial charge is 0.252 e. The molecular formula is C27H33N5O2. The van der Waals surface area contributed by atoms with Gasteiger partial charge in [-0.05, 0) is 54.8 Å². The predicted octanol–water partition coefficient (Wildman–Crippen LogP) is 4.48. The lowest BCUT2D eigenvalue weighted by Gasteiger charge is -2.29. The van der Waals surface area contributed by atoms with E-state index < -0.39 is 0 Å². The van der Waals surface area contributed by atoms with E-state index in [1.165, 1.54) is 19.2 Å². The number of fused-ring (bicyclic) bond motifs is 1. The van der Waals surface area contributed by atoms with Gasteiger partial charge in [0.15, 0.2) is 0 Å². The molecule has 1 aromatic carbocycles. The lowest BCUT2D eigenvalue weighted by molar-refractivity contribution is -0.122. The number of pyridine rings is 1. The number of methoxy groups -OCH3 is 1. The number of hydrogen-bond donors (Lipinski definition) is 0. The number of aromatic nitrogens is 3. The van der Waals surface area contributed by atoms with Gasteiger partial charge in [-0.3, -0.25) is 14.7 Å². The van der Waals surface area contributed by atoms with Crippen molar-refractivity contribution in [3.8, 4) is 11.1 Å². The summed E-state index contributed by atoms with van der Waals surface area (Å²) in [5.74, 6) is -0.00659. The van der Waals surface area contributed by atoms with Gasteiger partial charge in [-0.2, -0.15) is 0 Å². The Kier molecular flexibility index (Phi) is 8.71. The van der Waals surface area contributed by atoms with Crippen molar-refractivity contribution in [2.75, 3.05) is 31.7 Å². The van der Waals surface area contributed by atoms with Gasteiger partial charge in [0.1, 0.15) is 12.9 Å². The maximum Gasteiger partial charge on any atom is 0.252 e. The first-order valence-electron chi connectivity index (χ1n) is 12.0. The first kappa shape index (κ1) is 24.0. The molecule has 4 rings (SSSR count). The Morgan fingerprint density at radius 1 is 0.971 bits per heavy atom. The molecule has 7 nitrogen and oxygen atoms in total. The second-order valence-corrected chi connectivity index (χ2v) is 8.75. The van der Waals surface area contributed by atoms with Crippen LogP contribution in [0.4, 0.5) is 5.69 Å². The SMILES string of the molecule is COCC(=O)N1CCCCCCCN(Cc2ccccn2)Cc2cc(-c3cncnc3)ccc21. The highest BCUT2D eigenvalue weighted by Crippen LogP contribution is 2.30. The topological polar surface area (TPSA) is 71.5 Å². The Hall–Kier alpha value is -3.16. The first-order valence-corrected chi connectivity index (χ1v) is 12.0. The van der Waals surface area contributed by atoms with Crippen LogP contribution in [0.2, 0.25) is 0 Å². The number of nitrogens with zero attached hydrogens (tertiary/aromatic N) is 5. The summed E-state index contributed by atoms with van der Waals surface area (Å²) in [6.07, 6.45) is 12.7. The fourth-order valence-electron chi connectivity index (χ4n) is 4.50. The standard InChI is InChI=1S/C27H33N5O2/c1-34-20-27(33)32-14-8-4-2-3-7-13-31(19-25-9-5-6-12-30-25)18-23-15-22(10-11-26(23)32)24-16-28-21-29-17-24/h5-6,9-12,15-17,21H,2-4,7-8,13-14,18-20H2,1H3. The van der Waals surface area contributed by atoms with E-state index in [2.05, 4.69) is 44.1 Å². The zero-order valence-electron chi connectivity index (χ0n) is 19.9. The summed E-state index contributed by atoms with van der Waals surface area (Å²) in [5.41, 5.74) is 5.12. The molecule has 0 fully saturated rings. The van der Waals surface area contributed by atoms with E-state index in [0.717, 1.165) is 67.0 Å². The summed E-state index contributed by atoms with van der Waals surface area (Å²) in [6, 6.07) is 12.4. The molecule has 1 aliphatic rings. The molecule has 1 aliphatic heterocycles. The van der Waals surface area contributed by atoms with Gasteiger partial charge in [0.2, 0.25) is 0 Å². The zero-order valence-corrected chi connectivity index (χ0v) is 19.9. The summed E-state index contributed by atoms with van der Waals surface area (Å²) in [4.78, 5) is 30.3. The highest BCUT2D eigenvalue weighted by Gasteiger charge is 2.21. The molecule has 0 spiro atoms. The maximum absolute atomic E-state index is 13.1. The van der Waals surface area contributed by atoms with Crippen molar-refractivity contribution in [2.45, 2.75) is 45.2 Å². The van der Waals surface area contributed by atoms with E-state index in [1.54, 1.807) is 7.11 Å². The second-order valence-electron chi connectivity index (χ2n) is 8.75. The van der Waals surface area contributed by atoms with Crippen LogP contribution in [-0.4, -0.2) is 52.6 Å². The Morgan fingerprint density at radius 2 is 1.76 bits per heavy atom. The summed E-state index contributed by atoms with van der Waals surface area (Å²) in [5, 5.41) is 0. The van der Waals surface area contributed by atoms with Gasteiger partial charge in [0.25, 0.3) is 5.91 Å². The van der Waals surface area contributed by atoms with Crippen molar-refractivity contribution in [1.29, 1.82) is 0 Å². The normalized spacial score (nSPS) is 15.7. The van der Waals surface area contributed by atoms with Gasteiger partial charge in [-0.25, -0.2) is 9.97 Å². The molecule has 3 aromatic rings. The minimum atomic E-state index is -0.00659. The van der Waals surface area contributed by atoms with E-state index >= 15 is 0 Å². The zero-order chi connectivity index (χ0) is 23.6. The Morgan fingerprint density at radius 3 is 2.53 bits per heavy atom. The van der Waals surface area contributed by atoms with Crippen LogP contribution in [0.5, 0.6) is 0 Å². The Bertz CT molecular complexity index is 1050. The number of anilines is 1. The maximum atomic E-state index is 13.1.